The summed E-state index contributed by atoms with van der Waals surface area (Å²) in [4.78, 5) is 0. The molecule has 1 aromatic carbocycles. The fourth-order valence-electron chi connectivity index (χ4n) is 1.65. The molecule has 0 saturated carbocycles. The molecule has 1 aromatic rings. The molecule has 0 bridgehead atoms. The minimum atomic E-state index is 0.311. The van der Waals surface area contributed by atoms with E-state index in [1.807, 2.05) is 32.0 Å². The van der Waals surface area contributed by atoms with Gasteiger partial charge in [-0.25, -0.2) is 0 Å². The molecule has 0 radical (unpaired) electrons. The van der Waals surface area contributed by atoms with Gasteiger partial charge < -0.3 is 5.32 Å². The minimum Gasteiger partial charge on any atom is -0.359 e. The van der Waals surface area contributed by atoms with Crippen molar-refractivity contribution in [1.82, 2.24) is 10.7 Å². The van der Waals surface area contributed by atoms with Gasteiger partial charge in [-0.05, 0) is 44.5 Å². The van der Waals surface area contributed by atoms with Crippen LogP contribution in [-0.4, -0.2) is 16.9 Å². The van der Waals surface area contributed by atoms with Gasteiger partial charge in [-0.3, -0.25) is 5.43 Å². The summed E-state index contributed by atoms with van der Waals surface area (Å²) in [6.07, 6.45) is 3.23. The maximum atomic E-state index is 5.18. The van der Waals surface area contributed by atoms with Crippen LogP contribution in [0.15, 0.2) is 35.4 Å². The molecule has 2 N–H and O–H groups in total. The van der Waals surface area contributed by atoms with E-state index in [-0.39, 0.29) is 0 Å². The van der Waals surface area contributed by atoms with E-state index in [0.29, 0.717) is 11.2 Å². The molecule has 0 heterocycles. The highest BCUT2D eigenvalue weighted by molar-refractivity contribution is 7.80. The average Bonchev–Trinajstić information content (AvgIpc) is 2.39. The first kappa shape index (κ1) is 15.6. The molecule has 0 unspecified atom stereocenters. The van der Waals surface area contributed by atoms with Gasteiger partial charge in [0.15, 0.2) is 5.11 Å². The Balaban J connectivity index is 2.71. The van der Waals surface area contributed by atoms with Crippen molar-refractivity contribution < 1.29 is 0 Å². The van der Waals surface area contributed by atoms with E-state index in [2.05, 4.69) is 34.9 Å². The first-order valence-corrected chi connectivity index (χ1v) is 7.22. The number of nitrogens with one attached hydrogen (secondary N) is 2. The smallest absolute Gasteiger partial charge is 0.187 e. The normalized spacial score (nSPS) is 11.5. The fourth-order valence-corrected chi connectivity index (χ4v) is 1.93. The first-order valence-electron chi connectivity index (χ1n) is 6.82. The van der Waals surface area contributed by atoms with E-state index < -0.39 is 0 Å². The van der Waals surface area contributed by atoms with Gasteiger partial charge in [0.2, 0.25) is 0 Å². The first-order chi connectivity index (χ1) is 9.13. The lowest BCUT2D eigenvalue weighted by molar-refractivity contribution is 0.718. The maximum absolute atomic E-state index is 5.18. The second-order valence-electron chi connectivity index (χ2n) is 4.77. The van der Waals surface area contributed by atoms with Crippen LogP contribution >= 0.6 is 12.2 Å². The Morgan fingerprint density at radius 2 is 1.95 bits per heavy atom. The molecule has 0 amide bonds. The number of thiocarbonyl (C=S) groups is 1. The molecule has 104 valence electrons. The van der Waals surface area contributed by atoms with Gasteiger partial charge in [-0.1, -0.05) is 43.7 Å². The lowest BCUT2D eigenvalue weighted by Crippen LogP contribution is -2.37. The van der Waals surface area contributed by atoms with Crippen LogP contribution in [-0.2, 0) is 0 Å². The van der Waals surface area contributed by atoms with E-state index in [1.165, 1.54) is 0 Å². The van der Waals surface area contributed by atoms with Crippen LogP contribution in [0.4, 0.5) is 0 Å². The molecule has 0 saturated heterocycles. The van der Waals surface area contributed by atoms with Crippen molar-refractivity contribution in [2.45, 2.75) is 46.1 Å². The SMILES string of the molecule is CCCC/C(=N/NC(=S)NC(C)C)c1ccccc1. The standard InChI is InChI=1S/C15H23N3S/c1-4-5-11-14(13-9-7-6-8-10-13)17-18-15(19)16-12(2)3/h6-10,12H,4-5,11H2,1-3H3,(H2,16,18,19)/b17-14-. The summed E-state index contributed by atoms with van der Waals surface area (Å²) in [5.74, 6) is 0. The Bertz CT molecular complexity index is 413. The van der Waals surface area contributed by atoms with Crippen molar-refractivity contribution in [3.8, 4) is 0 Å². The average molecular weight is 277 g/mol. The Morgan fingerprint density at radius 1 is 1.26 bits per heavy atom. The Kier molecular flexibility index (Phi) is 7.11. The maximum Gasteiger partial charge on any atom is 0.187 e. The van der Waals surface area contributed by atoms with E-state index >= 15 is 0 Å². The monoisotopic (exact) mass is 277 g/mol. The number of rotatable bonds is 6. The van der Waals surface area contributed by atoms with Crippen LogP contribution in [0.3, 0.4) is 0 Å². The number of hydrogen-bond donors (Lipinski definition) is 2. The van der Waals surface area contributed by atoms with Crippen LogP contribution in [0.25, 0.3) is 0 Å². The fraction of sp³-hybridized carbons (Fsp3) is 0.467. The Morgan fingerprint density at radius 3 is 2.53 bits per heavy atom. The van der Waals surface area contributed by atoms with Crippen molar-refractivity contribution in [2.75, 3.05) is 0 Å². The Hall–Kier alpha value is -1.42. The largest absolute Gasteiger partial charge is 0.359 e. The third kappa shape index (κ3) is 6.34. The number of hydrazone groups is 1. The topological polar surface area (TPSA) is 36.4 Å². The third-order valence-electron chi connectivity index (χ3n) is 2.59. The van der Waals surface area contributed by atoms with Gasteiger partial charge >= 0.3 is 0 Å². The number of benzene rings is 1. The molecular weight excluding hydrogens is 254 g/mol. The zero-order valence-corrected chi connectivity index (χ0v) is 12.8. The highest BCUT2D eigenvalue weighted by Gasteiger charge is 2.03. The summed E-state index contributed by atoms with van der Waals surface area (Å²) in [7, 11) is 0. The molecule has 0 aliphatic rings. The quantitative estimate of drug-likeness (QED) is 0.475. The third-order valence-corrected chi connectivity index (χ3v) is 2.80. The van der Waals surface area contributed by atoms with Gasteiger partial charge in [0.05, 0.1) is 5.71 Å². The summed E-state index contributed by atoms with van der Waals surface area (Å²) in [6.45, 7) is 6.28. The second-order valence-corrected chi connectivity index (χ2v) is 5.18. The zero-order valence-electron chi connectivity index (χ0n) is 11.9. The predicted octanol–water partition coefficient (Wildman–Crippen LogP) is 3.45. The molecule has 0 aliphatic carbocycles. The number of nitrogens with zero attached hydrogens (tertiary/aromatic N) is 1. The molecule has 3 nitrogen and oxygen atoms in total. The predicted molar refractivity (Wildman–Crippen MR) is 86.5 cm³/mol. The van der Waals surface area contributed by atoms with Gasteiger partial charge in [0, 0.05) is 6.04 Å². The molecule has 19 heavy (non-hydrogen) atoms. The molecular formula is C15H23N3S. The van der Waals surface area contributed by atoms with Crippen molar-refractivity contribution in [3.63, 3.8) is 0 Å². The van der Waals surface area contributed by atoms with E-state index in [0.717, 1.165) is 30.5 Å². The highest BCUT2D eigenvalue weighted by Crippen LogP contribution is 2.07. The van der Waals surface area contributed by atoms with Gasteiger partial charge in [-0.2, -0.15) is 5.10 Å². The summed E-state index contributed by atoms with van der Waals surface area (Å²) in [5, 5.41) is 8.14. The van der Waals surface area contributed by atoms with Gasteiger partial charge in [0.1, 0.15) is 0 Å². The summed E-state index contributed by atoms with van der Waals surface area (Å²) in [6, 6.07) is 10.5. The molecule has 0 spiro atoms. The van der Waals surface area contributed by atoms with Gasteiger partial charge in [0.25, 0.3) is 0 Å². The molecule has 0 fully saturated rings. The van der Waals surface area contributed by atoms with Crippen LogP contribution in [0.2, 0.25) is 0 Å². The second kappa shape index (κ2) is 8.64. The zero-order chi connectivity index (χ0) is 14.1. The Labute approximate surface area is 121 Å². The molecule has 1 rings (SSSR count). The van der Waals surface area contributed by atoms with Crippen molar-refractivity contribution in [3.05, 3.63) is 35.9 Å². The lowest BCUT2D eigenvalue weighted by Gasteiger charge is -2.12. The van der Waals surface area contributed by atoms with Crippen LogP contribution < -0.4 is 10.7 Å². The highest BCUT2D eigenvalue weighted by atomic mass is 32.1. The van der Waals surface area contributed by atoms with Crippen molar-refractivity contribution in [2.24, 2.45) is 5.10 Å². The van der Waals surface area contributed by atoms with E-state index in [4.69, 9.17) is 12.2 Å². The number of hydrogen-bond acceptors (Lipinski definition) is 2. The molecule has 0 aliphatic heterocycles. The summed E-state index contributed by atoms with van der Waals surface area (Å²) in [5.41, 5.74) is 5.13. The van der Waals surface area contributed by atoms with E-state index in [9.17, 15) is 0 Å². The van der Waals surface area contributed by atoms with Crippen LogP contribution in [0.5, 0.6) is 0 Å². The molecule has 4 heteroatoms. The molecule has 0 aromatic heterocycles. The molecule has 0 atom stereocenters. The summed E-state index contributed by atoms with van der Waals surface area (Å²) >= 11 is 5.18. The van der Waals surface area contributed by atoms with Crippen molar-refractivity contribution >= 4 is 23.0 Å². The van der Waals surface area contributed by atoms with Crippen LogP contribution in [0.1, 0.15) is 45.6 Å². The van der Waals surface area contributed by atoms with E-state index in [1.54, 1.807) is 0 Å². The lowest BCUT2D eigenvalue weighted by atomic mass is 10.1. The van der Waals surface area contributed by atoms with Crippen molar-refractivity contribution in [1.29, 1.82) is 0 Å². The number of unbranched alkanes of at least 4 members (excludes halogenated alkanes) is 1. The van der Waals surface area contributed by atoms with Crippen LogP contribution in [0, 0.1) is 0 Å². The summed E-state index contributed by atoms with van der Waals surface area (Å²) < 4.78 is 0. The van der Waals surface area contributed by atoms with Gasteiger partial charge in [-0.15, -0.1) is 0 Å². The minimum absolute atomic E-state index is 0.311.